The molecule has 0 saturated heterocycles. The van der Waals surface area contributed by atoms with Gasteiger partial charge in [-0.15, -0.1) is 0 Å². The molecule has 0 aliphatic rings. The summed E-state index contributed by atoms with van der Waals surface area (Å²) in [5.74, 6) is -0.566. The fraction of sp³-hybridized carbons (Fsp3) is 0.950. The first-order chi connectivity index (χ1) is 47.9. The lowest BCUT2D eigenvalue weighted by Gasteiger charge is -2.21. The van der Waals surface area contributed by atoms with Crippen molar-refractivity contribution in [2.75, 3.05) is 39.6 Å². The second-order valence-corrected chi connectivity index (χ2v) is 32.7. The van der Waals surface area contributed by atoms with E-state index in [9.17, 15) is 43.2 Å². The second kappa shape index (κ2) is 71.7. The Morgan fingerprint density at radius 1 is 0.273 bits per heavy atom. The van der Waals surface area contributed by atoms with E-state index in [1.165, 1.54) is 238 Å². The number of hydrogen-bond acceptors (Lipinski definition) is 15. The number of esters is 4. The summed E-state index contributed by atoms with van der Waals surface area (Å²) in [6.45, 7) is 9.63. The maximum atomic E-state index is 13.1. The average Bonchev–Trinajstić information content (AvgIpc) is 1.13. The van der Waals surface area contributed by atoms with Crippen molar-refractivity contribution >= 4 is 39.5 Å². The van der Waals surface area contributed by atoms with E-state index >= 15 is 0 Å². The van der Waals surface area contributed by atoms with E-state index in [-0.39, 0.29) is 25.7 Å². The van der Waals surface area contributed by atoms with E-state index in [1.807, 2.05) is 0 Å². The third-order valence-corrected chi connectivity index (χ3v) is 20.6. The van der Waals surface area contributed by atoms with Crippen LogP contribution in [0.25, 0.3) is 0 Å². The van der Waals surface area contributed by atoms with Gasteiger partial charge in [-0.3, -0.25) is 37.3 Å². The van der Waals surface area contributed by atoms with Gasteiger partial charge in [-0.25, -0.2) is 9.13 Å². The van der Waals surface area contributed by atoms with Crippen LogP contribution in [0.2, 0.25) is 0 Å². The molecule has 0 fully saturated rings. The smallest absolute Gasteiger partial charge is 0.462 e. The summed E-state index contributed by atoms with van der Waals surface area (Å²) < 4.78 is 68.7. The van der Waals surface area contributed by atoms with Crippen molar-refractivity contribution < 1.29 is 80.2 Å². The molecule has 5 atom stereocenters. The van der Waals surface area contributed by atoms with Crippen LogP contribution in [0.3, 0.4) is 0 Å². The number of ether oxygens (including phenoxy) is 4. The van der Waals surface area contributed by atoms with Crippen LogP contribution in [0.5, 0.6) is 0 Å². The van der Waals surface area contributed by atoms with Crippen molar-refractivity contribution in [3.8, 4) is 0 Å². The minimum absolute atomic E-state index is 0.106. The number of aliphatic hydroxyl groups excluding tert-OH is 1. The van der Waals surface area contributed by atoms with Gasteiger partial charge in [0, 0.05) is 25.7 Å². The maximum Gasteiger partial charge on any atom is 0.472 e. The molecule has 0 saturated carbocycles. The molecule has 0 aromatic rings. The summed E-state index contributed by atoms with van der Waals surface area (Å²) in [4.78, 5) is 73.0. The van der Waals surface area contributed by atoms with Gasteiger partial charge < -0.3 is 33.8 Å². The van der Waals surface area contributed by atoms with Crippen LogP contribution in [-0.2, 0) is 65.4 Å². The fourth-order valence-electron chi connectivity index (χ4n) is 12.4. The zero-order valence-electron chi connectivity index (χ0n) is 64.8. The summed E-state index contributed by atoms with van der Waals surface area (Å²) in [5, 5.41) is 10.6. The zero-order chi connectivity index (χ0) is 72.8. The lowest BCUT2D eigenvalue weighted by molar-refractivity contribution is -0.161. The number of phosphoric ester groups is 2. The fourth-order valence-corrected chi connectivity index (χ4v) is 13.9. The normalized spacial score (nSPS) is 13.9. The molecule has 0 aliphatic carbocycles. The quantitative estimate of drug-likeness (QED) is 0.0222. The number of rotatable bonds is 79. The number of phosphoric acid groups is 2. The number of carbonyl (C=O) groups excluding carboxylic acids is 4. The topological polar surface area (TPSA) is 237 Å². The summed E-state index contributed by atoms with van der Waals surface area (Å²) in [6.07, 6.45) is 61.0. The number of unbranched alkanes of at least 4 members (excludes halogenated alkanes) is 49. The summed E-state index contributed by atoms with van der Waals surface area (Å²) >= 11 is 0. The van der Waals surface area contributed by atoms with E-state index in [0.717, 1.165) is 102 Å². The van der Waals surface area contributed by atoms with Gasteiger partial charge in [0.1, 0.15) is 19.3 Å². The van der Waals surface area contributed by atoms with Crippen molar-refractivity contribution in [2.45, 2.75) is 439 Å². The highest BCUT2D eigenvalue weighted by Crippen LogP contribution is 2.45. The average molecular weight is 1450 g/mol. The zero-order valence-corrected chi connectivity index (χ0v) is 66.6. The molecule has 99 heavy (non-hydrogen) atoms. The lowest BCUT2D eigenvalue weighted by Crippen LogP contribution is -2.30. The molecule has 19 heteroatoms. The number of hydrogen-bond donors (Lipinski definition) is 3. The van der Waals surface area contributed by atoms with Crippen LogP contribution in [0, 0.1) is 11.8 Å². The first kappa shape index (κ1) is 97.1. The van der Waals surface area contributed by atoms with Crippen molar-refractivity contribution in [3.05, 3.63) is 0 Å². The van der Waals surface area contributed by atoms with Gasteiger partial charge in [0.15, 0.2) is 12.2 Å². The highest BCUT2D eigenvalue weighted by Gasteiger charge is 2.30. The molecule has 17 nitrogen and oxygen atoms in total. The van der Waals surface area contributed by atoms with E-state index in [2.05, 4.69) is 41.5 Å². The Labute approximate surface area is 607 Å². The van der Waals surface area contributed by atoms with Crippen molar-refractivity contribution in [1.82, 2.24) is 0 Å². The minimum atomic E-state index is -4.96. The van der Waals surface area contributed by atoms with E-state index < -0.39 is 97.5 Å². The van der Waals surface area contributed by atoms with Gasteiger partial charge in [0.05, 0.1) is 26.4 Å². The van der Waals surface area contributed by atoms with Crippen LogP contribution in [0.4, 0.5) is 0 Å². The molecule has 0 bridgehead atoms. The molecule has 0 rings (SSSR count). The molecule has 588 valence electrons. The third-order valence-electron chi connectivity index (χ3n) is 18.7. The lowest BCUT2D eigenvalue weighted by atomic mass is 10.0. The molecule has 3 N–H and O–H groups in total. The molecule has 0 radical (unpaired) electrons. The van der Waals surface area contributed by atoms with Gasteiger partial charge in [0.25, 0.3) is 0 Å². The van der Waals surface area contributed by atoms with Crippen LogP contribution in [0.1, 0.15) is 420 Å². The Bertz CT molecular complexity index is 1910. The van der Waals surface area contributed by atoms with Crippen LogP contribution >= 0.6 is 15.6 Å². The van der Waals surface area contributed by atoms with E-state index in [4.69, 9.17) is 37.0 Å². The van der Waals surface area contributed by atoms with Crippen molar-refractivity contribution in [1.29, 1.82) is 0 Å². The van der Waals surface area contributed by atoms with E-state index in [1.54, 1.807) is 0 Å². The molecule has 0 spiro atoms. The maximum absolute atomic E-state index is 13.1. The van der Waals surface area contributed by atoms with Crippen molar-refractivity contribution in [3.63, 3.8) is 0 Å². The first-order valence-corrected chi connectivity index (χ1v) is 44.5. The summed E-state index contributed by atoms with van der Waals surface area (Å²) in [6, 6.07) is 0. The highest BCUT2D eigenvalue weighted by atomic mass is 31.2. The molecule has 0 heterocycles. The van der Waals surface area contributed by atoms with Gasteiger partial charge in [-0.2, -0.15) is 0 Å². The molecule has 0 amide bonds. The van der Waals surface area contributed by atoms with E-state index in [0.29, 0.717) is 25.7 Å². The van der Waals surface area contributed by atoms with Gasteiger partial charge in [0.2, 0.25) is 0 Å². The standard InChI is InChI=1S/C80H156O17P2/c1-7-9-11-13-15-17-19-20-21-22-23-24-25-28-33-40-46-52-58-64-79(84)96-75(69-91-78(83)63-57-51-45-39-32-29-26-27-31-36-42-48-54-60-72(3)4)70-94-98(86,87)92-66-74(81)67-93-99(88,89)95-71-76(68-90-77(82)62-56-50-44-38-30-18-16-14-12-10-8-2)97-80(85)65-59-53-47-41-35-34-37-43-49-55-61-73(5)6/h72-76,81H,7-71H2,1-6H3,(H,86,87)(H,88,89)/t74-,75-,76-/m1/s1. The Morgan fingerprint density at radius 3 is 0.687 bits per heavy atom. The number of carbonyl (C=O) groups is 4. The van der Waals surface area contributed by atoms with Crippen LogP contribution in [0.15, 0.2) is 0 Å². The third kappa shape index (κ3) is 74.1. The Kier molecular flexibility index (Phi) is 70.3. The van der Waals surface area contributed by atoms with Crippen LogP contribution in [-0.4, -0.2) is 96.7 Å². The Morgan fingerprint density at radius 2 is 0.465 bits per heavy atom. The molecular formula is C80H156O17P2. The summed E-state index contributed by atoms with van der Waals surface area (Å²) in [7, 11) is -9.92. The molecule has 0 aliphatic heterocycles. The second-order valence-electron chi connectivity index (χ2n) is 29.8. The SMILES string of the molecule is CCCCCCCCCCCCCCCCCCCCCC(=O)O[C@H](COC(=O)CCCCCCCCCCCCCCCC(C)C)COP(=O)(O)OC[C@@H](O)COP(=O)(O)OC[C@@H](COC(=O)CCCCCCCCCCCCC)OC(=O)CCCCCCCCCCCCC(C)C. The predicted octanol–water partition coefficient (Wildman–Crippen LogP) is 23.9. The molecule has 2 unspecified atom stereocenters. The number of aliphatic hydroxyl groups is 1. The van der Waals surface area contributed by atoms with Gasteiger partial charge in [-0.05, 0) is 37.5 Å². The predicted molar refractivity (Wildman–Crippen MR) is 405 cm³/mol. The molecule has 0 aromatic carbocycles. The van der Waals surface area contributed by atoms with Gasteiger partial charge >= 0.3 is 39.5 Å². The Hall–Kier alpha value is -1.94. The molecular weight excluding hydrogens is 1290 g/mol. The molecule has 0 aromatic heterocycles. The summed E-state index contributed by atoms with van der Waals surface area (Å²) in [5.41, 5.74) is 0. The first-order valence-electron chi connectivity index (χ1n) is 41.5. The van der Waals surface area contributed by atoms with Crippen molar-refractivity contribution in [2.24, 2.45) is 11.8 Å². The minimum Gasteiger partial charge on any atom is -0.462 e. The highest BCUT2D eigenvalue weighted by molar-refractivity contribution is 7.47. The Balaban J connectivity index is 5.24. The van der Waals surface area contributed by atoms with Gasteiger partial charge in [-0.1, -0.05) is 369 Å². The monoisotopic (exact) mass is 1450 g/mol. The largest absolute Gasteiger partial charge is 0.472 e. The van der Waals surface area contributed by atoms with Crippen LogP contribution < -0.4 is 0 Å².